The SMILES string of the molecule is O=C(O)c1cn(CCN2CCCSCC2)nn1. The molecule has 1 aromatic rings. The van der Waals surface area contributed by atoms with Crippen LogP contribution in [0.15, 0.2) is 6.20 Å². The molecule has 7 heteroatoms. The smallest absolute Gasteiger partial charge is 0.358 e. The van der Waals surface area contributed by atoms with Gasteiger partial charge in [0, 0.05) is 18.8 Å². The summed E-state index contributed by atoms with van der Waals surface area (Å²) in [4.78, 5) is 13.0. The highest BCUT2D eigenvalue weighted by molar-refractivity contribution is 7.99. The molecule has 1 N–H and O–H groups in total. The van der Waals surface area contributed by atoms with E-state index in [2.05, 4.69) is 15.2 Å². The van der Waals surface area contributed by atoms with Crippen molar-refractivity contribution in [2.24, 2.45) is 0 Å². The molecule has 0 aliphatic carbocycles. The number of aromatic nitrogens is 3. The first-order valence-electron chi connectivity index (χ1n) is 5.69. The molecule has 1 fully saturated rings. The molecule has 0 amide bonds. The fourth-order valence-electron chi connectivity index (χ4n) is 1.77. The van der Waals surface area contributed by atoms with E-state index in [-0.39, 0.29) is 5.69 Å². The molecule has 94 valence electrons. The van der Waals surface area contributed by atoms with Crippen LogP contribution in [0.2, 0.25) is 0 Å². The molecule has 1 aliphatic heterocycles. The monoisotopic (exact) mass is 256 g/mol. The zero-order valence-electron chi connectivity index (χ0n) is 9.58. The van der Waals surface area contributed by atoms with Gasteiger partial charge in [-0.1, -0.05) is 5.21 Å². The second-order valence-electron chi connectivity index (χ2n) is 3.98. The number of hydrogen-bond donors (Lipinski definition) is 1. The lowest BCUT2D eigenvalue weighted by atomic mass is 10.4. The molecule has 0 atom stereocenters. The molecule has 0 saturated carbocycles. The molecule has 17 heavy (non-hydrogen) atoms. The van der Waals surface area contributed by atoms with Crippen LogP contribution >= 0.6 is 11.8 Å². The lowest BCUT2D eigenvalue weighted by Gasteiger charge is -2.18. The maximum atomic E-state index is 10.6. The third-order valence-electron chi connectivity index (χ3n) is 2.72. The summed E-state index contributed by atoms with van der Waals surface area (Å²) in [5, 5.41) is 16.1. The van der Waals surface area contributed by atoms with E-state index < -0.39 is 5.97 Å². The molecular formula is C10H16N4O2S. The maximum Gasteiger partial charge on any atom is 0.358 e. The average Bonchev–Trinajstić information content (AvgIpc) is 2.63. The fraction of sp³-hybridized carbons (Fsp3) is 0.700. The largest absolute Gasteiger partial charge is 0.476 e. The van der Waals surface area contributed by atoms with E-state index in [1.165, 1.54) is 24.1 Å². The molecule has 0 spiro atoms. The number of carboxylic acid groups (broad SMARTS) is 1. The third kappa shape index (κ3) is 3.71. The zero-order valence-corrected chi connectivity index (χ0v) is 10.4. The van der Waals surface area contributed by atoms with Gasteiger partial charge in [-0.2, -0.15) is 11.8 Å². The summed E-state index contributed by atoms with van der Waals surface area (Å²) >= 11 is 2.00. The zero-order chi connectivity index (χ0) is 12.1. The molecule has 0 bridgehead atoms. The molecule has 0 aromatic carbocycles. The molecule has 1 aromatic heterocycles. The molecule has 2 rings (SSSR count). The van der Waals surface area contributed by atoms with Crippen molar-refractivity contribution in [3.63, 3.8) is 0 Å². The topological polar surface area (TPSA) is 71.2 Å². The summed E-state index contributed by atoms with van der Waals surface area (Å²) in [7, 11) is 0. The highest BCUT2D eigenvalue weighted by atomic mass is 32.2. The first-order valence-corrected chi connectivity index (χ1v) is 6.85. The normalized spacial score (nSPS) is 17.9. The molecular weight excluding hydrogens is 240 g/mol. The minimum atomic E-state index is -1.03. The summed E-state index contributed by atoms with van der Waals surface area (Å²) in [5.41, 5.74) is 0.0106. The van der Waals surface area contributed by atoms with E-state index in [9.17, 15) is 4.79 Å². The average molecular weight is 256 g/mol. The van der Waals surface area contributed by atoms with Crippen LogP contribution in [0.25, 0.3) is 0 Å². The van der Waals surface area contributed by atoms with Crippen LogP contribution in [0.4, 0.5) is 0 Å². The first kappa shape index (κ1) is 12.4. The molecule has 0 radical (unpaired) electrons. The number of thioether (sulfide) groups is 1. The van der Waals surface area contributed by atoms with Crippen molar-refractivity contribution in [2.75, 3.05) is 31.1 Å². The second kappa shape index (κ2) is 6.02. The Hall–Kier alpha value is -1.08. The van der Waals surface area contributed by atoms with E-state index in [1.807, 2.05) is 11.8 Å². The summed E-state index contributed by atoms with van der Waals surface area (Å²) < 4.78 is 1.60. The van der Waals surface area contributed by atoms with Gasteiger partial charge < -0.3 is 10.0 Å². The van der Waals surface area contributed by atoms with Crippen molar-refractivity contribution in [3.8, 4) is 0 Å². The van der Waals surface area contributed by atoms with Gasteiger partial charge in [-0.3, -0.25) is 4.68 Å². The van der Waals surface area contributed by atoms with Crippen LogP contribution in [-0.4, -0.2) is 62.1 Å². The van der Waals surface area contributed by atoms with Gasteiger partial charge in [-0.15, -0.1) is 5.10 Å². The van der Waals surface area contributed by atoms with Crippen LogP contribution in [0.5, 0.6) is 0 Å². The number of carbonyl (C=O) groups is 1. The van der Waals surface area contributed by atoms with Gasteiger partial charge in [-0.05, 0) is 18.7 Å². The summed E-state index contributed by atoms with van der Waals surface area (Å²) in [5.74, 6) is 1.39. The van der Waals surface area contributed by atoms with Crippen molar-refractivity contribution in [3.05, 3.63) is 11.9 Å². The highest BCUT2D eigenvalue weighted by Gasteiger charge is 2.11. The van der Waals surface area contributed by atoms with Crippen molar-refractivity contribution >= 4 is 17.7 Å². The number of carboxylic acids is 1. The Bertz CT molecular complexity index is 374. The van der Waals surface area contributed by atoms with Crippen LogP contribution in [0.1, 0.15) is 16.9 Å². The van der Waals surface area contributed by atoms with Crippen LogP contribution in [0.3, 0.4) is 0 Å². The van der Waals surface area contributed by atoms with Gasteiger partial charge in [-0.25, -0.2) is 4.79 Å². The molecule has 2 heterocycles. The standard InChI is InChI=1S/C10H16N4O2S/c15-10(16)9-8-14(12-11-9)4-3-13-2-1-6-17-7-5-13/h8H,1-7H2,(H,15,16). The Morgan fingerprint density at radius 2 is 2.29 bits per heavy atom. The van der Waals surface area contributed by atoms with Gasteiger partial charge in [0.1, 0.15) is 0 Å². The minimum Gasteiger partial charge on any atom is -0.476 e. The van der Waals surface area contributed by atoms with Crippen molar-refractivity contribution in [1.82, 2.24) is 19.9 Å². The summed E-state index contributed by atoms with van der Waals surface area (Å²) in [6.07, 6.45) is 2.71. The van der Waals surface area contributed by atoms with E-state index in [0.29, 0.717) is 6.54 Å². The number of hydrogen-bond acceptors (Lipinski definition) is 5. The lowest BCUT2D eigenvalue weighted by molar-refractivity contribution is 0.0690. The van der Waals surface area contributed by atoms with Gasteiger partial charge in [0.2, 0.25) is 0 Å². The Balaban J connectivity index is 1.81. The van der Waals surface area contributed by atoms with Crippen molar-refractivity contribution in [1.29, 1.82) is 0 Å². The fourth-order valence-corrected chi connectivity index (χ4v) is 2.70. The van der Waals surface area contributed by atoms with E-state index >= 15 is 0 Å². The van der Waals surface area contributed by atoms with Gasteiger partial charge >= 0.3 is 5.97 Å². The Labute approximate surface area is 104 Å². The molecule has 6 nitrogen and oxygen atoms in total. The van der Waals surface area contributed by atoms with Crippen LogP contribution in [0, 0.1) is 0 Å². The first-order chi connectivity index (χ1) is 8.25. The van der Waals surface area contributed by atoms with Gasteiger partial charge in [0.15, 0.2) is 5.69 Å². The number of nitrogens with zero attached hydrogens (tertiary/aromatic N) is 4. The van der Waals surface area contributed by atoms with E-state index in [4.69, 9.17) is 5.11 Å². The third-order valence-corrected chi connectivity index (χ3v) is 3.77. The van der Waals surface area contributed by atoms with Gasteiger partial charge in [0.25, 0.3) is 0 Å². The van der Waals surface area contributed by atoms with Crippen LogP contribution in [-0.2, 0) is 6.54 Å². The predicted octanol–water partition coefficient (Wildman–Crippen LogP) is 0.415. The number of rotatable bonds is 4. The Kier molecular flexibility index (Phi) is 4.38. The molecule has 1 aliphatic rings. The Morgan fingerprint density at radius 3 is 3.06 bits per heavy atom. The van der Waals surface area contributed by atoms with Crippen molar-refractivity contribution in [2.45, 2.75) is 13.0 Å². The van der Waals surface area contributed by atoms with E-state index in [1.54, 1.807) is 4.68 Å². The quantitative estimate of drug-likeness (QED) is 0.841. The molecule has 1 saturated heterocycles. The Morgan fingerprint density at radius 1 is 1.41 bits per heavy atom. The maximum absolute atomic E-state index is 10.6. The van der Waals surface area contributed by atoms with Gasteiger partial charge in [0.05, 0.1) is 12.7 Å². The second-order valence-corrected chi connectivity index (χ2v) is 5.20. The minimum absolute atomic E-state index is 0.0106. The predicted molar refractivity (Wildman–Crippen MR) is 65.4 cm³/mol. The molecule has 0 unspecified atom stereocenters. The summed E-state index contributed by atoms with van der Waals surface area (Å²) in [6, 6.07) is 0. The van der Waals surface area contributed by atoms with E-state index in [0.717, 1.165) is 19.6 Å². The highest BCUT2D eigenvalue weighted by Crippen LogP contribution is 2.09. The number of aromatic carboxylic acids is 1. The van der Waals surface area contributed by atoms with Crippen LogP contribution < -0.4 is 0 Å². The summed E-state index contributed by atoms with van der Waals surface area (Å²) in [6.45, 7) is 3.83. The lowest BCUT2D eigenvalue weighted by Crippen LogP contribution is -2.29. The van der Waals surface area contributed by atoms with Crippen molar-refractivity contribution < 1.29 is 9.90 Å².